The lowest BCUT2D eigenvalue weighted by molar-refractivity contribution is -0.119. The van der Waals surface area contributed by atoms with Crippen molar-refractivity contribution in [1.82, 2.24) is 0 Å². The van der Waals surface area contributed by atoms with E-state index >= 15 is 0 Å². The van der Waals surface area contributed by atoms with Crippen LogP contribution < -0.4 is 9.80 Å². The van der Waals surface area contributed by atoms with Gasteiger partial charge in [0.25, 0.3) is 0 Å². The fourth-order valence-corrected chi connectivity index (χ4v) is 3.54. The number of hydrogen-bond acceptors (Lipinski definition) is 2. The van der Waals surface area contributed by atoms with Crippen LogP contribution in [0, 0.1) is 5.92 Å². The van der Waals surface area contributed by atoms with Gasteiger partial charge in [0.05, 0.1) is 0 Å². The molecule has 1 aliphatic carbocycles. The normalized spacial score (nSPS) is 22.0. The van der Waals surface area contributed by atoms with Gasteiger partial charge in [-0.25, -0.2) is 0 Å². The van der Waals surface area contributed by atoms with E-state index in [4.69, 9.17) is 0 Å². The molecule has 1 aromatic rings. The molecule has 1 saturated carbocycles. The van der Waals surface area contributed by atoms with Gasteiger partial charge in [-0.15, -0.1) is 0 Å². The molecule has 20 heavy (non-hydrogen) atoms. The predicted molar refractivity (Wildman–Crippen MR) is 81.3 cm³/mol. The van der Waals surface area contributed by atoms with Crippen LogP contribution in [0.4, 0.5) is 11.4 Å². The molecule has 3 nitrogen and oxygen atoms in total. The van der Waals surface area contributed by atoms with Crippen molar-refractivity contribution in [2.75, 3.05) is 29.4 Å². The topological polar surface area (TPSA) is 23.6 Å². The highest BCUT2D eigenvalue weighted by Gasteiger charge is 2.35. The number of anilines is 2. The zero-order chi connectivity index (χ0) is 13.5. The Bertz CT molecular complexity index is 530. The molecule has 1 saturated heterocycles. The number of nitrogens with zero attached hydrogens (tertiary/aromatic N) is 2. The van der Waals surface area contributed by atoms with Gasteiger partial charge in [0.1, 0.15) is 0 Å². The number of fused-ring (bicyclic) bond motifs is 1. The quantitative estimate of drug-likeness (QED) is 0.825. The molecule has 3 aliphatic rings. The van der Waals surface area contributed by atoms with E-state index in [0.29, 0.717) is 11.8 Å². The molecule has 1 aromatic carbocycles. The molecular weight excluding hydrogens is 248 g/mol. The molecule has 0 bridgehead atoms. The molecule has 0 radical (unpaired) electrons. The minimum absolute atomic E-state index is 0.319. The van der Waals surface area contributed by atoms with Crippen molar-refractivity contribution in [3.05, 3.63) is 23.8 Å². The summed E-state index contributed by atoms with van der Waals surface area (Å²) in [6, 6.07) is 6.72. The van der Waals surface area contributed by atoms with Crippen molar-refractivity contribution < 1.29 is 4.79 Å². The van der Waals surface area contributed by atoms with E-state index in [2.05, 4.69) is 23.1 Å². The van der Waals surface area contributed by atoms with Crippen molar-refractivity contribution in [1.29, 1.82) is 0 Å². The lowest BCUT2D eigenvalue weighted by Gasteiger charge is -2.31. The fourth-order valence-electron chi connectivity index (χ4n) is 3.54. The summed E-state index contributed by atoms with van der Waals surface area (Å²) in [7, 11) is 0. The molecule has 2 fully saturated rings. The van der Waals surface area contributed by atoms with E-state index < -0.39 is 0 Å². The van der Waals surface area contributed by atoms with Crippen LogP contribution >= 0.6 is 0 Å². The van der Waals surface area contributed by atoms with Gasteiger partial charge in [0, 0.05) is 36.9 Å². The van der Waals surface area contributed by atoms with E-state index in [1.807, 2.05) is 4.90 Å². The number of benzene rings is 1. The van der Waals surface area contributed by atoms with Gasteiger partial charge in [0.2, 0.25) is 5.91 Å². The lowest BCUT2D eigenvalue weighted by atomic mass is 10.00. The molecule has 0 aromatic heterocycles. The predicted octanol–water partition coefficient (Wildman–Crippen LogP) is 2.98. The summed E-state index contributed by atoms with van der Waals surface area (Å²) in [6.45, 7) is 3.28. The molecule has 0 spiro atoms. The largest absolute Gasteiger partial charge is 0.372 e. The minimum Gasteiger partial charge on any atom is -0.372 e. The Balaban J connectivity index is 1.63. The lowest BCUT2D eigenvalue weighted by Crippen LogP contribution is -2.36. The first-order valence-electron chi connectivity index (χ1n) is 8.02. The summed E-state index contributed by atoms with van der Waals surface area (Å²) in [5.41, 5.74) is 3.90. The number of carbonyl (C=O) groups is 1. The van der Waals surface area contributed by atoms with Crippen molar-refractivity contribution in [2.24, 2.45) is 5.92 Å². The highest BCUT2D eigenvalue weighted by molar-refractivity contribution is 5.97. The summed E-state index contributed by atoms with van der Waals surface area (Å²) in [6.07, 6.45) is 7.03. The second-order valence-corrected chi connectivity index (χ2v) is 6.37. The molecule has 2 heterocycles. The van der Waals surface area contributed by atoms with Gasteiger partial charge in [-0.3, -0.25) is 4.79 Å². The molecule has 2 aliphatic heterocycles. The number of carbonyl (C=O) groups excluding carboxylic acids is 1. The van der Waals surface area contributed by atoms with Gasteiger partial charge in [-0.1, -0.05) is 0 Å². The van der Waals surface area contributed by atoms with Crippen LogP contribution in [0.2, 0.25) is 0 Å². The van der Waals surface area contributed by atoms with Crippen LogP contribution in [0.5, 0.6) is 0 Å². The van der Waals surface area contributed by atoms with Crippen LogP contribution in [0.15, 0.2) is 18.2 Å². The smallest absolute Gasteiger partial charge is 0.230 e. The zero-order valence-corrected chi connectivity index (χ0v) is 12.0. The van der Waals surface area contributed by atoms with E-state index in [1.54, 1.807) is 0 Å². The highest BCUT2D eigenvalue weighted by Crippen LogP contribution is 2.37. The van der Waals surface area contributed by atoms with Crippen LogP contribution in [-0.4, -0.2) is 25.5 Å². The average molecular weight is 270 g/mol. The number of hydrogen-bond donors (Lipinski definition) is 0. The Morgan fingerprint density at radius 2 is 1.85 bits per heavy atom. The average Bonchev–Trinajstić information content (AvgIpc) is 3.20. The molecule has 1 amide bonds. The van der Waals surface area contributed by atoms with Crippen LogP contribution in [-0.2, 0) is 11.2 Å². The Hall–Kier alpha value is -1.51. The van der Waals surface area contributed by atoms with Crippen LogP contribution in [0.1, 0.15) is 37.7 Å². The monoisotopic (exact) mass is 270 g/mol. The summed E-state index contributed by atoms with van der Waals surface area (Å²) in [5, 5.41) is 0. The van der Waals surface area contributed by atoms with E-state index in [0.717, 1.165) is 32.2 Å². The Morgan fingerprint density at radius 1 is 1.05 bits per heavy atom. The maximum absolute atomic E-state index is 12.4. The zero-order valence-electron chi connectivity index (χ0n) is 12.0. The third kappa shape index (κ3) is 2.09. The molecule has 4 rings (SSSR count). The summed E-state index contributed by atoms with van der Waals surface area (Å²) in [5.74, 6) is 0.680. The number of rotatable bonds is 2. The SMILES string of the molecule is O=C(C1CC1)N1CCCc2cc(N3CCCC3)ccc21. The Kier molecular flexibility index (Phi) is 2.94. The maximum atomic E-state index is 12.4. The first kappa shape index (κ1) is 12.2. The summed E-state index contributed by atoms with van der Waals surface area (Å²) >= 11 is 0. The summed E-state index contributed by atoms with van der Waals surface area (Å²) in [4.78, 5) is 16.9. The number of amides is 1. The molecule has 0 N–H and O–H groups in total. The van der Waals surface area contributed by atoms with Crippen molar-refractivity contribution in [2.45, 2.75) is 38.5 Å². The standard InChI is InChI=1S/C17H22N2O/c20-17(13-5-6-13)19-11-3-4-14-12-15(7-8-16(14)19)18-9-1-2-10-18/h7-8,12-13H,1-6,9-11H2. The molecule has 0 unspecified atom stereocenters. The molecule has 3 heteroatoms. The van der Waals surface area contributed by atoms with Gasteiger partial charge >= 0.3 is 0 Å². The third-order valence-corrected chi connectivity index (χ3v) is 4.85. The molecule has 0 atom stereocenters. The van der Waals surface area contributed by atoms with Crippen LogP contribution in [0.25, 0.3) is 0 Å². The highest BCUT2D eigenvalue weighted by atomic mass is 16.2. The maximum Gasteiger partial charge on any atom is 0.230 e. The first-order valence-corrected chi connectivity index (χ1v) is 8.02. The van der Waals surface area contributed by atoms with E-state index in [9.17, 15) is 4.79 Å². The minimum atomic E-state index is 0.319. The van der Waals surface area contributed by atoms with E-state index in [-0.39, 0.29) is 0 Å². The molecular formula is C17H22N2O. The Morgan fingerprint density at radius 3 is 2.60 bits per heavy atom. The van der Waals surface area contributed by atoms with Gasteiger partial charge < -0.3 is 9.80 Å². The van der Waals surface area contributed by atoms with Crippen molar-refractivity contribution in [3.8, 4) is 0 Å². The Labute approximate surface area is 120 Å². The van der Waals surface area contributed by atoms with Gasteiger partial charge in [-0.05, 0) is 62.3 Å². The van der Waals surface area contributed by atoms with Crippen molar-refractivity contribution in [3.63, 3.8) is 0 Å². The summed E-state index contributed by atoms with van der Waals surface area (Å²) < 4.78 is 0. The van der Waals surface area contributed by atoms with Gasteiger partial charge in [0.15, 0.2) is 0 Å². The number of aryl methyl sites for hydroxylation is 1. The van der Waals surface area contributed by atoms with Gasteiger partial charge in [-0.2, -0.15) is 0 Å². The van der Waals surface area contributed by atoms with Crippen molar-refractivity contribution >= 4 is 17.3 Å². The van der Waals surface area contributed by atoms with Crippen LogP contribution in [0.3, 0.4) is 0 Å². The third-order valence-electron chi connectivity index (χ3n) is 4.85. The first-order chi connectivity index (χ1) is 9.83. The molecule has 106 valence electrons. The second-order valence-electron chi connectivity index (χ2n) is 6.37. The fraction of sp³-hybridized carbons (Fsp3) is 0.588. The second kappa shape index (κ2) is 4.80. The van der Waals surface area contributed by atoms with E-state index in [1.165, 1.54) is 42.9 Å².